The molecule has 0 aliphatic rings. The minimum atomic E-state index is -1.28. The van der Waals surface area contributed by atoms with E-state index in [1.165, 1.54) is 7.05 Å². The second kappa shape index (κ2) is 17.2. The highest BCUT2D eigenvalue weighted by Crippen LogP contribution is 2.25. The standard InChI is InChI=1S/C11H8F4N.C9H16NO.C5H9N2.2CH4.3FH/c1-5-8(13)10(15)7-3-6(12)4-16(2)11(7)9(5)14;1-9(2,3)7-8-10(4)5-6-11-8;1-6-3-4-7(2)5-6;;;;;/h3-4H,1-2H3;5-6H,7H2,1-4H3;3-5H,1-2H3;2*1H4;3*1H/q3*+1;;;;;/p-3. The number of imidazole rings is 1. The quantitative estimate of drug-likeness (QED) is 0.132. The Hall–Kier alpha value is -3.44. The van der Waals surface area contributed by atoms with Gasteiger partial charge >= 0.3 is 5.89 Å². The van der Waals surface area contributed by atoms with Gasteiger partial charge in [0, 0.05) is 5.56 Å². The summed E-state index contributed by atoms with van der Waals surface area (Å²) in [6.45, 7) is 7.75. The third-order valence-corrected chi connectivity index (χ3v) is 4.97. The average molecular weight is 571 g/mol. The van der Waals surface area contributed by atoms with Gasteiger partial charge in [0.25, 0.3) is 5.52 Å². The van der Waals surface area contributed by atoms with Gasteiger partial charge in [-0.3, -0.25) is 0 Å². The van der Waals surface area contributed by atoms with Gasteiger partial charge in [-0.15, -0.1) is 0 Å². The van der Waals surface area contributed by atoms with E-state index in [4.69, 9.17) is 4.42 Å². The third kappa shape index (κ3) is 11.5. The SMILES string of the molecule is C.C.C[n+]1ccoc1CC(C)(C)C.Cc1c(F)c(F)c2cc(F)c[n+](C)c2c1F.Cn1cc[n+](C)c1.[F-].[F-].[F-]. The number of hydrogen-bond acceptors (Lipinski definition) is 1. The van der Waals surface area contributed by atoms with Crippen molar-refractivity contribution in [1.29, 1.82) is 0 Å². The largest absolute Gasteiger partial charge is 1.00 e. The van der Waals surface area contributed by atoms with Crippen molar-refractivity contribution in [3.8, 4) is 0 Å². The topological polar surface area (TPSA) is 29.7 Å². The van der Waals surface area contributed by atoms with Crippen molar-refractivity contribution in [2.75, 3.05) is 0 Å². The van der Waals surface area contributed by atoms with Crippen LogP contribution in [0.1, 0.15) is 47.1 Å². The molecular formula is C27H41F7N4O. The lowest BCUT2D eigenvalue weighted by molar-refractivity contribution is -0.683. The predicted molar refractivity (Wildman–Crippen MR) is 133 cm³/mol. The van der Waals surface area contributed by atoms with Crippen LogP contribution in [-0.4, -0.2) is 4.57 Å². The summed E-state index contributed by atoms with van der Waals surface area (Å²) in [7, 11) is 7.37. The second-order valence-electron chi connectivity index (χ2n) is 9.49. The van der Waals surface area contributed by atoms with Gasteiger partial charge in [0.1, 0.15) is 26.5 Å². The van der Waals surface area contributed by atoms with Crippen molar-refractivity contribution in [2.45, 2.75) is 49.0 Å². The Labute approximate surface area is 226 Å². The molecule has 3 heterocycles. The molecule has 0 bridgehead atoms. The molecule has 0 N–H and O–H groups in total. The monoisotopic (exact) mass is 570 g/mol. The molecule has 5 nitrogen and oxygen atoms in total. The van der Waals surface area contributed by atoms with Crippen molar-refractivity contribution in [2.24, 2.45) is 33.6 Å². The number of hydrogen-bond donors (Lipinski definition) is 0. The van der Waals surface area contributed by atoms with E-state index < -0.39 is 34.2 Å². The van der Waals surface area contributed by atoms with Gasteiger partial charge in [0.2, 0.25) is 24.5 Å². The van der Waals surface area contributed by atoms with E-state index in [1.807, 2.05) is 59.8 Å². The Kier molecular flexibility index (Phi) is 18.8. The van der Waals surface area contributed by atoms with Gasteiger partial charge in [-0.05, 0) is 18.4 Å². The molecule has 12 heteroatoms. The zero-order valence-corrected chi connectivity index (χ0v) is 22.1. The summed E-state index contributed by atoms with van der Waals surface area (Å²) < 4.78 is 65.8. The highest BCUT2D eigenvalue weighted by atomic mass is 19.2. The molecule has 0 fully saturated rings. The minimum Gasteiger partial charge on any atom is -1.00 e. The number of fused-ring (bicyclic) bond motifs is 1. The van der Waals surface area contributed by atoms with Gasteiger partial charge in [0.15, 0.2) is 23.7 Å². The maximum Gasteiger partial charge on any atom is 0.347 e. The first-order valence-electron chi connectivity index (χ1n) is 10.7. The van der Waals surface area contributed by atoms with E-state index >= 15 is 0 Å². The minimum absolute atomic E-state index is 0. The van der Waals surface area contributed by atoms with Crippen LogP contribution >= 0.6 is 0 Å². The van der Waals surface area contributed by atoms with E-state index in [9.17, 15) is 17.6 Å². The predicted octanol–water partition coefficient (Wildman–Crippen LogP) is -3.64. The van der Waals surface area contributed by atoms with Crippen LogP contribution in [0, 0.1) is 35.6 Å². The Balaban J connectivity index is -0.000000236. The fourth-order valence-corrected chi connectivity index (χ4v) is 3.24. The van der Waals surface area contributed by atoms with Gasteiger partial charge in [-0.25, -0.2) is 22.3 Å². The zero-order chi connectivity index (χ0) is 25.8. The molecule has 39 heavy (non-hydrogen) atoms. The summed E-state index contributed by atoms with van der Waals surface area (Å²) in [4.78, 5) is 0. The summed E-state index contributed by atoms with van der Waals surface area (Å²) in [6.07, 6.45) is 11.6. The second-order valence-corrected chi connectivity index (χ2v) is 9.49. The van der Waals surface area contributed by atoms with Gasteiger partial charge in [0.05, 0.1) is 25.9 Å². The molecule has 1 aromatic carbocycles. The van der Waals surface area contributed by atoms with Crippen LogP contribution < -0.4 is 27.8 Å². The smallest absolute Gasteiger partial charge is 0.347 e. The van der Waals surface area contributed by atoms with Crippen LogP contribution in [0.25, 0.3) is 10.9 Å². The van der Waals surface area contributed by atoms with Crippen molar-refractivity contribution in [3.63, 3.8) is 0 Å². The van der Waals surface area contributed by atoms with Crippen molar-refractivity contribution in [1.82, 2.24) is 4.57 Å². The molecule has 0 amide bonds. The summed E-state index contributed by atoms with van der Waals surface area (Å²) in [5.41, 5.74) is -0.264. The Bertz CT molecular complexity index is 1270. The fraction of sp³-hybridized carbons (Fsp3) is 0.444. The van der Waals surface area contributed by atoms with E-state index in [1.54, 1.807) is 6.26 Å². The van der Waals surface area contributed by atoms with Gasteiger partial charge in [-0.2, -0.15) is 13.5 Å². The summed E-state index contributed by atoms with van der Waals surface area (Å²) in [6, 6.07) is 0.774. The first kappa shape index (κ1) is 42.6. The number of rotatable bonds is 1. The number of oxazole rings is 1. The fourth-order valence-electron chi connectivity index (χ4n) is 3.24. The highest BCUT2D eigenvalue weighted by molar-refractivity contribution is 5.78. The average Bonchev–Trinajstić information content (AvgIpc) is 3.30. The maximum absolute atomic E-state index is 13.7. The maximum atomic E-state index is 13.7. The lowest BCUT2D eigenvalue weighted by Crippen LogP contribution is -3.00. The lowest BCUT2D eigenvalue weighted by atomic mass is 9.92. The summed E-state index contributed by atoms with van der Waals surface area (Å²) in [5, 5.41) is -0.400. The highest BCUT2D eigenvalue weighted by Gasteiger charge is 2.24. The van der Waals surface area contributed by atoms with E-state index in [0.717, 1.165) is 36.1 Å². The molecule has 0 aliphatic carbocycles. The Morgan fingerprint density at radius 1 is 0.872 bits per heavy atom. The molecular weight excluding hydrogens is 529 g/mol. The van der Waals surface area contributed by atoms with Gasteiger partial charge < -0.3 is 18.5 Å². The molecule has 0 unspecified atom stereocenters. The molecule has 3 aromatic heterocycles. The van der Waals surface area contributed by atoms with Crippen molar-refractivity contribution >= 4 is 10.9 Å². The Morgan fingerprint density at radius 2 is 1.44 bits per heavy atom. The Morgan fingerprint density at radius 3 is 1.82 bits per heavy atom. The number of aryl methyl sites for hydroxylation is 4. The van der Waals surface area contributed by atoms with Crippen LogP contribution in [0.15, 0.2) is 47.9 Å². The van der Waals surface area contributed by atoms with Crippen LogP contribution in [0.5, 0.6) is 0 Å². The molecule has 4 rings (SSSR count). The van der Waals surface area contributed by atoms with Crippen LogP contribution in [0.4, 0.5) is 17.6 Å². The number of nitrogens with zero attached hydrogens (tertiary/aromatic N) is 4. The number of aromatic nitrogens is 4. The molecule has 4 aromatic rings. The first-order chi connectivity index (χ1) is 15.7. The summed E-state index contributed by atoms with van der Waals surface area (Å²) in [5.74, 6) is -3.11. The molecule has 224 valence electrons. The van der Waals surface area contributed by atoms with E-state index in [0.29, 0.717) is 5.41 Å². The summed E-state index contributed by atoms with van der Waals surface area (Å²) >= 11 is 0. The third-order valence-electron chi connectivity index (χ3n) is 4.97. The van der Waals surface area contributed by atoms with Crippen LogP contribution in [0.2, 0.25) is 0 Å². The molecule has 0 saturated heterocycles. The van der Waals surface area contributed by atoms with Crippen LogP contribution in [-0.2, 0) is 34.6 Å². The zero-order valence-electron chi connectivity index (χ0n) is 22.1. The van der Waals surface area contributed by atoms with E-state index in [-0.39, 0.29) is 34.5 Å². The lowest BCUT2D eigenvalue weighted by Gasteiger charge is -2.12. The molecule has 0 aliphatic heterocycles. The molecule has 0 spiro atoms. The number of pyridine rings is 1. The number of halogens is 7. The first-order valence-corrected chi connectivity index (χ1v) is 10.7. The van der Waals surface area contributed by atoms with Gasteiger partial charge in [-0.1, -0.05) is 35.6 Å². The van der Waals surface area contributed by atoms with Crippen LogP contribution in [0.3, 0.4) is 0 Å². The van der Waals surface area contributed by atoms with Crippen molar-refractivity contribution in [3.05, 3.63) is 78.2 Å². The normalized spacial score (nSPS) is 9.64. The molecule has 0 atom stereocenters. The molecule has 0 radical (unpaired) electrons. The van der Waals surface area contributed by atoms with Crippen molar-refractivity contribution < 1.29 is 49.8 Å². The number of benzene rings is 1. The van der Waals surface area contributed by atoms with E-state index in [2.05, 4.69) is 20.8 Å². The molecule has 0 saturated carbocycles.